The molecule has 33 heavy (non-hydrogen) atoms. The first-order valence-corrected chi connectivity index (χ1v) is 11.2. The zero-order valence-electron chi connectivity index (χ0n) is 17.3. The van der Waals surface area contributed by atoms with Gasteiger partial charge in [0.2, 0.25) is 5.91 Å². The van der Waals surface area contributed by atoms with Crippen molar-refractivity contribution in [1.29, 1.82) is 0 Å². The number of hydrogen-bond donors (Lipinski definition) is 1. The van der Waals surface area contributed by atoms with Gasteiger partial charge in [-0.3, -0.25) is 9.36 Å². The summed E-state index contributed by atoms with van der Waals surface area (Å²) in [4.78, 5) is 12.4. The van der Waals surface area contributed by atoms with E-state index in [4.69, 9.17) is 4.74 Å². The predicted molar refractivity (Wildman–Crippen MR) is 115 cm³/mol. The lowest BCUT2D eigenvalue weighted by Gasteiger charge is -2.15. The van der Waals surface area contributed by atoms with Crippen molar-refractivity contribution in [2.75, 3.05) is 17.7 Å². The molecule has 1 unspecified atom stereocenters. The Kier molecular flexibility index (Phi) is 6.99. The topological polar surface area (TPSA) is 69.0 Å². The van der Waals surface area contributed by atoms with Crippen molar-refractivity contribution in [2.45, 2.75) is 36.8 Å². The number of benzene rings is 2. The highest BCUT2D eigenvalue weighted by atomic mass is 32.2. The van der Waals surface area contributed by atoms with Gasteiger partial charge >= 0.3 is 6.18 Å². The van der Waals surface area contributed by atoms with Gasteiger partial charge in [0.1, 0.15) is 5.82 Å². The average molecular weight is 480 g/mol. The van der Waals surface area contributed by atoms with Crippen LogP contribution >= 0.6 is 11.8 Å². The van der Waals surface area contributed by atoms with Crippen molar-refractivity contribution in [1.82, 2.24) is 14.8 Å². The SMILES string of the molecule is O=C(CSc1nnc(-c2ccc(F)cc2)n1CC1CCCO1)Nc1cccc(C(F)(F)F)c1. The molecule has 4 rings (SSSR count). The summed E-state index contributed by atoms with van der Waals surface area (Å²) < 4.78 is 59.5. The van der Waals surface area contributed by atoms with Crippen LogP contribution < -0.4 is 5.32 Å². The molecule has 2 aromatic carbocycles. The Morgan fingerprint density at radius 1 is 1.18 bits per heavy atom. The molecule has 1 aliphatic rings. The lowest BCUT2D eigenvalue weighted by atomic mass is 10.2. The van der Waals surface area contributed by atoms with Crippen molar-refractivity contribution >= 4 is 23.4 Å². The molecule has 1 atom stereocenters. The average Bonchev–Trinajstić information content (AvgIpc) is 3.43. The number of nitrogens with zero attached hydrogens (tertiary/aromatic N) is 3. The van der Waals surface area contributed by atoms with E-state index in [1.807, 2.05) is 4.57 Å². The Bertz CT molecular complexity index is 1110. The molecule has 0 radical (unpaired) electrons. The van der Waals surface area contributed by atoms with E-state index < -0.39 is 17.6 Å². The lowest BCUT2D eigenvalue weighted by molar-refractivity contribution is -0.137. The highest BCUT2D eigenvalue weighted by Gasteiger charge is 2.30. The maximum absolute atomic E-state index is 13.3. The first kappa shape index (κ1) is 23.2. The van der Waals surface area contributed by atoms with Gasteiger partial charge in [0, 0.05) is 17.9 Å². The van der Waals surface area contributed by atoms with Gasteiger partial charge in [-0.05, 0) is 55.3 Å². The van der Waals surface area contributed by atoms with Crippen molar-refractivity contribution < 1.29 is 27.1 Å². The van der Waals surface area contributed by atoms with Crippen molar-refractivity contribution in [3.05, 3.63) is 59.9 Å². The number of hydrogen-bond acceptors (Lipinski definition) is 5. The normalized spacial score (nSPS) is 16.2. The summed E-state index contributed by atoms with van der Waals surface area (Å²) >= 11 is 1.11. The van der Waals surface area contributed by atoms with E-state index in [2.05, 4.69) is 15.5 Å². The fourth-order valence-electron chi connectivity index (χ4n) is 3.46. The van der Waals surface area contributed by atoms with Crippen LogP contribution in [0.2, 0.25) is 0 Å². The number of alkyl halides is 3. The number of carbonyl (C=O) groups is 1. The van der Waals surface area contributed by atoms with Crippen LogP contribution in [0, 0.1) is 5.82 Å². The molecule has 1 aliphatic heterocycles. The largest absolute Gasteiger partial charge is 0.416 e. The van der Waals surface area contributed by atoms with Crippen LogP contribution in [0.5, 0.6) is 0 Å². The number of aromatic nitrogens is 3. The van der Waals surface area contributed by atoms with E-state index in [0.29, 0.717) is 29.7 Å². The standard InChI is InChI=1S/C22H20F4N4O2S/c23-16-8-6-14(7-9-16)20-28-29-21(30(20)12-18-5-2-10-32-18)33-13-19(31)27-17-4-1-3-15(11-17)22(24,25)26/h1,3-4,6-9,11,18H,2,5,10,12-13H2,(H,27,31). The lowest BCUT2D eigenvalue weighted by Crippen LogP contribution is -2.18. The van der Waals surface area contributed by atoms with Crippen LogP contribution in [0.25, 0.3) is 11.4 Å². The summed E-state index contributed by atoms with van der Waals surface area (Å²) in [6, 6.07) is 10.3. The molecule has 174 valence electrons. The van der Waals surface area contributed by atoms with E-state index in [-0.39, 0.29) is 23.4 Å². The Morgan fingerprint density at radius 3 is 2.67 bits per heavy atom. The minimum atomic E-state index is -4.50. The second-order valence-electron chi connectivity index (χ2n) is 7.47. The number of halogens is 4. The third-order valence-corrected chi connectivity index (χ3v) is 6.00. The van der Waals surface area contributed by atoms with Crippen molar-refractivity contribution in [3.63, 3.8) is 0 Å². The molecule has 1 saturated heterocycles. The fraction of sp³-hybridized carbons (Fsp3) is 0.318. The summed E-state index contributed by atoms with van der Waals surface area (Å²) in [6.07, 6.45) is -2.70. The number of carbonyl (C=O) groups excluding carboxylic acids is 1. The third kappa shape index (κ3) is 5.91. The predicted octanol–water partition coefficient (Wildman–Crippen LogP) is 5.01. The van der Waals surface area contributed by atoms with E-state index in [1.165, 1.54) is 24.3 Å². The van der Waals surface area contributed by atoms with Crippen molar-refractivity contribution in [2.24, 2.45) is 0 Å². The number of ether oxygens (including phenoxy) is 1. The smallest absolute Gasteiger partial charge is 0.376 e. The molecular weight excluding hydrogens is 460 g/mol. The number of thioether (sulfide) groups is 1. The molecule has 6 nitrogen and oxygen atoms in total. The van der Waals surface area contributed by atoms with Gasteiger partial charge < -0.3 is 10.1 Å². The molecule has 0 aliphatic carbocycles. The quantitative estimate of drug-likeness (QED) is 0.380. The van der Waals surface area contributed by atoms with Gasteiger partial charge in [-0.25, -0.2) is 4.39 Å². The minimum Gasteiger partial charge on any atom is -0.376 e. The highest BCUT2D eigenvalue weighted by molar-refractivity contribution is 7.99. The van der Waals surface area contributed by atoms with E-state index in [0.717, 1.165) is 36.7 Å². The molecule has 0 saturated carbocycles. The fourth-order valence-corrected chi connectivity index (χ4v) is 4.21. The number of nitrogens with one attached hydrogen (secondary N) is 1. The van der Waals surface area contributed by atoms with Crippen LogP contribution in [0.3, 0.4) is 0 Å². The van der Waals surface area contributed by atoms with Crippen LogP contribution in [-0.2, 0) is 22.3 Å². The van der Waals surface area contributed by atoms with Crippen LogP contribution in [0.1, 0.15) is 18.4 Å². The van der Waals surface area contributed by atoms with Gasteiger partial charge in [0.25, 0.3) is 0 Å². The maximum atomic E-state index is 13.3. The molecule has 0 spiro atoms. The summed E-state index contributed by atoms with van der Waals surface area (Å²) in [6.45, 7) is 1.14. The van der Waals surface area contributed by atoms with Gasteiger partial charge in [0.15, 0.2) is 11.0 Å². The van der Waals surface area contributed by atoms with Crippen LogP contribution in [0.4, 0.5) is 23.2 Å². The number of rotatable bonds is 7. The van der Waals surface area contributed by atoms with Crippen LogP contribution in [0.15, 0.2) is 53.7 Å². The van der Waals surface area contributed by atoms with Gasteiger partial charge in [-0.1, -0.05) is 17.8 Å². The molecule has 3 aromatic rings. The van der Waals surface area contributed by atoms with E-state index >= 15 is 0 Å². The first-order chi connectivity index (χ1) is 15.8. The molecule has 1 aromatic heterocycles. The Hall–Kier alpha value is -2.92. The highest BCUT2D eigenvalue weighted by Crippen LogP contribution is 2.31. The first-order valence-electron chi connectivity index (χ1n) is 10.2. The summed E-state index contributed by atoms with van der Waals surface area (Å²) in [7, 11) is 0. The third-order valence-electron chi connectivity index (χ3n) is 5.04. The summed E-state index contributed by atoms with van der Waals surface area (Å²) in [5, 5.41) is 11.3. The van der Waals surface area contributed by atoms with E-state index in [9.17, 15) is 22.4 Å². The second-order valence-corrected chi connectivity index (χ2v) is 8.42. The summed E-state index contributed by atoms with van der Waals surface area (Å²) in [5.41, 5.74) is -0.112. The molecule has 11 heteroatoms. The Balaban J connectivity index is 1.48. The zero-order valence-corrected chi connectivity index (χ0v) is 18.1. The Morgan fingerprint density at radius 2 is 1.97 bits per heavy atom. The maximum Gasteiger partial charge on any atom is 0.416 e. The molecule has 0 bridgehead atoms. The molecular formula is C22H20F4N4O2S. The Labute approximate surface area is 191 Å². The van der Waals surface area contributed by atoms with Gasteiger partial charge in [0.05, 0.1) is 24.0 Å². The summed E-state index contributed by atoms with van der Waals surface area (Å²) in [5.74, 6) is -0.408. The number of amides is 1. The zero-order chi connectivity index (χ0) is 23.4. The minimum absolute atomic E-state index is 0.0292. The van der Waals surface area contributed by atoms with Gasteiger partial charge in [-0.2, -0.15) is 13.2 Å². The molecule has 2 heterocycles. The molecule has 1 N–H and O–H groups in total. The number of anilines is 1. The molecule has 1 amide bonds. The monoisotopic (exact) mass is 480 g/mol. The van der Waals surface area contributed by atoms with Crippen molar-refractivity contribution in [3.8, 4) is 11.4 Å². The van der Waals surface area contributed by atoms with Gasteiger partial charge in [-0.15, -0.1) is 10.2 Å². The molecule has 1 fully saturated rings. The van der Waals surface area contributed by atoms with E-state index in [1.54, 1.807) is 12.1 Å². The second kappa shape index (κ2) is 9.92. The van der Waals surface area contributed by atoms with Crippen LogP contribution in [-0.4, -0.2) is 39.1 Å².